The molecular weight excluding hydrogens is 210 g/mol. The summed E-state index contributed by atoms with van der Waals surface area (Å²) in [5.41, 5.74) is 0. The minimum Gasteiger partial charge on any atom is 1.00 e. The van der Waals surface area contributed by atoms with Crippen molar-refractivity contribution in [3.8, 4) is 0 Å². The van der Waals surface area contributed by atoms with Crippen LogP contribution in [0.4, 0.5) is 0 Å². The van der Waals surface area contributed by atoms with Gasteiger partial charge in [0.2, 0.25) is 0 Å². The predicted octanol–water partition coefficient (Wildman–Crippen LogP) is -5.91. The van der Waals surface area contributed by atoms with Crippen LogP contribution < -0.4 is 42.0 Å². The van der Waals surface area contributed by atoms with Gasteiger partial charge in [0.15, 0.2) is 0 Å². The molecule has 0 aliphatic heterocycles. The van der Waals surface area contributed by atoms with E-state index in [0.717, 1.165) is 0 Å². The van der Waals surface area contributed by atoms with E-state index in [1.165, 1.54) is 0 Å². The molecule has 0 spiro atoms. The second kappa shape index (κ2) is 22.8. The fourth-order valence-corrected chi connectivity index (χ4v) is 0. The zero-order valence-corrected chi connectivity index (χ0v) is 9.32. The van der Waals surface area contributed by atoms with Crippen molar-refractivity contribution in [1.29, 1.82) is 0 Å². The maximum absolute atomic E-state index is 4.95. The third-order valence-corrected chi connectivity index (χ3v) is 0. The molecule has 0 aromatic rings. The summed E-state index contributed by atoms with van der Waals surface area (Å²) in [4.78, 5) is 0. The van der Waals surface area contributed by atoms with Crippen LogP contribution in [-0.4, -0.2) is 68.6 Å². The summed E-state index contributed by atoms with van der Waals surface area (Å²) in [6, 6.07) is 0. The van der Waals surface area contributed by atoms with Crippen LogP contribution in [0.5, 0.6) is 0 Å². The number of hydrogen-bond acceptors (Lipinski definition) is 0. The molecule has 0 unspecified atom stereocenters. The zero-order valence-electron chi connectivity index (χ0n) is 2.84. The summed E-state index contributed by atoms with van der Waals surface area (Å²) in [7, 11) is 0. The van der Waals surface area contributed by atoms with Crippen LogP contribution >= 0.6 is 12.8 Å². The largest absolute Gasteiger partial charge is 1.00 e. The second-order valence-electron chi connectivity index (χ2n) is 0.101. The van der Waals surface area contributed by atoms with Gasteiger partial charge in [0.05, 0.1) is 0 Å². The van der Waals surface area contributed by atoms with Crippen LogP contribution in [0.25, 0.3) is 0 Å². The van der Waals surface area contributed by atoms with Crippen molar-refractivity contribution >= 4 is 81.4 Å². The molecule has 0 radical (unpaired) electrons. The van der Waals surface area contributed by atoms with Gasteiger partial charge in [0.1, 0.15) is 0 Å². The summed E-state index contributed by atoms with van der Waals surface area (Å²) in [5, 5.41) is 0. The summed E-state index contributed by atoms with van der Waals surface area (Å²) in [6.07, 6.45) is 9.90. The van der Waals surface area contributed by atoms with Crippen molar-refractivity contribution < 1.29 is 42.0 Å². The van der Waals surface area contributed by atoms with E-state index in [4.69, 9.17) is 12.8 Å². The van der Waals surface area contributed by atoms with Crippen LogP contribution in [0.15, 0.2) is 0 Å². The van der Waals surface area contributed by atoms with E-state index < -0.39 is 30.8 Å². The maximum Gasteiger partial charge on any atom is 1.00 e. The van der Waals surface area contributed by atoms with Gasteiger partial charge in [-0.2, -0.15) is 0 Å². The number of halogens is 3. The molecule has 0 aliphatic carbocycles. The van der Waals surface area contributed by atoms with Crippen LogP contribution in [0.1, 0.15) is 0 Å². The average molecular weight is 212 g/mol. The fourth-order valence-electron chi connectivity index (χ4n) is 0. The molecule has 0 bridgehead atoms. The first-order chi connectivity index (χ1) is 1.41. The Kier molecular flexibility index (Phi) is 85.1. The van der Waals surface area contributed by atoms with E-state index in [-0.39, 0.29) is 79.7 Å². The summed E-state index contributed by atoms with van der Waals surface area (Å²) in [6.45, 7) is 0. The smallest absolute Gasteiger partial charge is 1.00 e. The third kappa shape index (κ3) is 23.8. The fraction of sp³-hybridized carbons (Fsp3) is 0. The van der Waals surface area contributed by atoms with Crippen LogP contribution in [-0.2, 0) is 0 Å². The average Bonchev–Trinajstić information content (AvgIpc) is 0.918. The SMILES string of the molecule is [CaH2].[Cl-].[Cl][Ca][Cl].[Na+]. The molecule has 0 aliphatic rings. The van der Waals surface area contributed by atoms with E-state index in [1.54, 1.807) is 0 Å². The Hall–Kier alpha value is 4.39. The van der Waals surface area contributed by atoms with Crippen molar-refractivity contribution in [1.82, 2.24) is 0 Å². The molecule has 0 nitrogen and oxygen atoms in total. The van der Waals surface area contributed by atoms with Crippen molar-refractivity contribution in [2.75, 3.05) is 0 Å². The topological polar surface area (TPSA) is 0 Å². The molecule has 0 N–H and O–H groups in total. The molecule has 6 heteroatoms. The molecule has 0 heterocycles. The molecule has 0 saturated carbocycles. The molecule has 6 heavy (non-hydrogen) atoms. The van der Waals surface area contributed by atoms with Gasteiger partial charge in [0, 0.05) is 0 Å². The van der Waals surface area contributed by atoms with Crippen LogP contribution in [0.2, 0.25) is 0 Å². The van der Waals surface area contributed by atoms with Crippen LogP contribution in [0, 0.1) is 0 Å². The van der Waals surface area contributed by atoms with E-state index >= 15 is 0 Å². The van der Waals surface area contributed by atoms with E-state index in [2.05, 4.69) is 0 Å². The van der Waals surface area contributed by atoms with E-state index in [1.807, 2.05) is 0 Å². The standard InChI is InChI=1S/2Ca.3ClH.Na.2H/h;;3*1H;;;/q;+2;;;;+1;;/p-3. The predicted molar refractivity (Wildman–Crippen MR) is 26.0 cm³/mol. The Bertz CT molecular complexity index is 8.75. The summed E-state index contributed by atoms with van der Waals surface area (Å²) < 4.78 is 0. The van der Waals surface area contributed by atoms with Crippen LogP contribution in [0.3, 0.4) is 0 Å². The Morgan fingerprint density at radius 2 is 1.17 bits per heavy atom. The first-order valence-electron chi connectivity index (χ1n) is 0.535. The summed E-state index contributed by atoms with van der Waals surface area (Å²) in [5.74, 6) is 0. The van der Waals surface area contributed by atoms with Gasteiger partial charge in [-0.3, -0.25) is 0 Å². The number of rotatable bonds is 0. The molecule has 0 aromatic carbocycles. The zero-order chi connectivity index (χ0) is 2.71. The Morgan fingerprint density at radius 3 is 1.17 bits per heavy atom. The molecule has 0 amide bonds. The molecule has 28 valence electrons. The minimum atomic E-state index is -0.931. The first kappa shape index (κ1) is 22.4. The molecule has 0 saturated heterocycles. The van der Waals surface area contributed by atoms with Gasteiger partial charge in [-0.25, -0.2) is 0 Å². The van der Waals surface area contributed by atoms with E-state index in [9.17, 15) is 0 Å². The second-order valence-corrected chi connectivity index (χ2v) is 3.75. The Morgan fingerprint density at radius 1 is 1.17 bits per heavy atom. The third-order valence-electron chi connectivity index (χ3n) is 0. The summed E-state index contributed by atoms with van der Waals surface area (Å²) >= 11 is -0.931. The van der Waals surface area contributed by atoms with Gasteiger partial charge in [-0.15, -0.1) is 0 Å². The first-order valence-corrected chi connectivity index (χ1v) is 6.61. The van der Waals surface area contributed by atoms with Gasteiger partial charge in [-0.05, 0) is 0 Å². The van der Waals surface area contributed by atoms with E-state index in [0.29, 0.717) is 0 Å². The van der Waals surface area contributed by atoms with Gasteiger partial charge in [-0.1, -0.05) is 0 Å². The molecule has 0 fully saturated rings. The molecular formula is H2Ca2Cl3Na. The van der Waals surface area contributed by atoms with Crippen molar-refractivity contribution in [2.45, 2.75) is 0 Å². The van der Waals surface area contributed by atoms with Crippen molar-refractivity contribution in [3.05, 3.63) is 0 Å². The maximum atomic E-state index is 4.95. The number of hydrogen-bond donors (Lipinski definition) is 0. The van der Waals surface area contributed by atoms with Gasteiger partial charge >= 0.3 is 111 Å². The Balaban J connectivity index is -0.00000000667. The van der Waals surface area contributed by atoms with Crippen molar-refractivity contribution in [3.63, 3.8) is 0 Å². The molecule has 0 atom stereocenters. The quantitative estimate of drug-likeness (QED) is 0.350. The molecule has 0 rings (SSSR count). The molecule has 0 aromatic heterocycles. The minimum absolute atomic E-state index is 0. The monoisotopic (exact) mass is 210 g/mol. The van der Waals surface area contributed by atoms with Gasteiger partial charge in [0.25, 0.3) is 0 Å². The van der Waals surface area contributed by atoms with Gasteiger partial charge < -0.3 is 12.4 Å². The van der Waals surface area contributed by atoms with Crippen molar-refractivity contribution in [2.24, 2.45) is 0 Å². The Labute approximate surface area is 120 Å². The normalized spacial score (nSPS) is 1.67.